The second-order valence-corrected chi connectivity index (χ2v) is 7.03. The fraction of sp³-hybridized carbons (Fsp3) is 0.348. The number of benzene rings is 1. The summed E-state index contributed by atoms with van der Waals surface area (Å²) in [6.07, 6.45) is 5.47. The van der Waals surface area contributed by atoms with Gasteiger partial charge in [-0.25, -0.2) is 4.79 Å². The molecule has 1 aromatic carbocycles. The number of ether oxygens (including phenoxy) is 2. The number of nitrogens with zero attached hydrogens (tertiary/aromatic N) is 2. The Morgan fingerprint density at radius 2 is 1.97 bits per heavy atom. The third-order valence-corrected chi connectivity index (χ3v) is 4.72. The number of aliphatic carboxylic acids is 1. The molecule has 2 aromatic rings. The molecule has 0 saturated heterocycles. The lowest BCUT2D eigenvalue weighted by molar-refractivity contribution is -0.130. The molecule has 3 rings (SSSR count). The van der Waals surface area contributed by atoms with Gasteiger partial charge in [0, 0.05) is 17.3 Å². The third kappa shape index (κ3) is 5.59. The van der Waals surface area contributed by atoms with E-state index in [0.29, 0.717) is 30.1 Å². The highest BCUT2D eigenvalue weighted by atomic mass is 16.7. The number of methoxy groups -OCH3 is 1. The zero-order valence-corrected chi connectivity index (χ0v) is 17.2. The number of aromatic nitrogens is 1. The van der Waals surface area contributed by atoms with Crippen molar-refractivity contribution in [3.8, 4) is 0 Å². The van der Waals surface area contributed by atoms with Crippen molar-refractivity contribution in [2.24, 2.45) is 11.1 Å². The molecule has 7 nitrogen and oxygen atoms in total. The maximum absolute atomic E-state index is 11.8. The van der Waals surface area contributed by atoms with Crippen molar-refractivity contribution < 1.29 is 24.2 Å². The summed E-state index contributed by atoms with van der Waals surface area (Å²) >= 11 is 0. The molecular weight excluding hydrogens is 384 g/mol. The largest absolute Gasteiger partial charge is 0.503 e. The van der Waals surface area contributed by atoms with Crippen LogP contribution in [0.5, 0.6) is 0 Å². The van der Waals surface area contributed by atoms with Crippen molar-refractivity contribution in [3.05, 3.63) is 71.7 Å². The van der Waals surface area contributed by atoms with Crippen LogP contribution in [0.25, 0.3) is 5.57 Å². The second kappa shape index (κ2) is 10.4. The number of oxime groups is 1. The number of carboxylic acids is 1. The van der Waals surface area contributed by atoms with Gasteiger partial charge in [-0.2, -0.15) is 0 Å². The summed E-state index contributed by atoms with van der Waals surface area (Å²) < 4.78 is 10.9. The number of carbonyl (C=O) groups is 1. The van der Waals surface area contributed by atoms with Gasteiger partial charge in [0.05, 0.1) is 25.7 Å². The molecule has 0 amide bonds. The first-order chi connectivity index (χ1) is 14.6. The Bertz CT molecular complexity index is 907. The van der Waals surface area contributed by atoms with Crippen LogP contribution in [0.2, 0.25) is 0 Å². The van der Waals surface area contributed by atoms with Gasteiger partial charge in [-0.15, -0.1) is 0 Å². The fourth-order valence-electron chi connectivity index (χ4n) is 2.90. The number of hydrogen-bond acceptors (Lipinski definition) is 6. The highest BCUT2D eigenvalue weighted by Gasteiger charge is 2.25. The van der Waals surface area contributed by atoms with Gasteiger partial charge in [0.25, 0.3) is 5.90 Å². The first kappa shape index (κ1) is 21.4. The van der Waals surface area contributed by atoms with E-state index >= 15 is 0 Å². The summed E-state index contributed by atoms with van der Waals surface area (Å²) in [5.41, 5.74) is 1.74. The number of rotatable bonds is 10. The minimum absolute atomic E-state index is 0.00703. The summed E-state index contributed by atoms with van der Waals surface area (Å²) in [4.78, 5) is 21.9. The molecule has 1 aliphatic rings. The molecule has 0 spiro atoms. The lowest BCUT2D eigenvalue weighted by Crippen LogP contribution is -2.15. The standard InChI is InChI=1S/C23H26N2O5/c1-3-21(20-10-6-7-13-24-20)30-25-22(29-14-16-11-12-16)18-9-5-4-8-17(18)19(15-28-2)23(26)27/h4-10,13,15-16,21H,3,11-12,14H2,1-2H3,(H,26,27). The normalized spacial score (nSPS) is 15.4. The smallest absolute Gasteiger partial charge is 0.339 e. The summed E-state index contributed by atoms with van der Waals surface area (Å²) in [5, 5.41) is 13.9. The van der Waals surface area contributed by atoms with Crippen molar-refractivity contribution in [2.75, 3.05) is 13.7 Å². The Morgan fingerprint density at radius 1 is 1.23 bits per heavy atom. The Hall–Kier alpha value is -3.35. The predicted octanol–water partition coefficient (Wildman–Crippen LogP) is 4.41. The van der Waals surface area contributed by atoms with E-state index in [2.05, 4.69) is 10.1 Å². The van der Waals surface area contributed by atoms with E-state index in [1.807, 2.05) is 25.1 Å². The zero-order chi connectivity index (χ0) is 21.3. The van der Waals surface area contributed by atoms with Crippen LogP contribution in [-0.4, -0.2) is 35.7 Å². The van der Waals surface area contributed by atoms with Crippen LogP contribution in [0.4, 0.5) is 0 Å². The molecule has 30 heavy (non-hydrogen) atoms. The molecule has 0 bridgehead atoms. The van der Waals surface area contributed by atoms with Crippen LogP contribution >= 0.6 is 0 Å². The van der Waals surface area contributed by atoms with E-state index in [9.17, 15) is 9.90 Å². The Morgan fingerprint density at radius 3 is 2.57 bits per heavy atom. The van der Waals surface area contributed by atoms with Gasteiger partial charge in [0.2, 0.25) is 0 Å². The summed E-state index contributed by atoms with van der Waals surface area (Å²) in [6, 6.07) is 12.6. The molecular formula is C23H26N2O5. The van der Waals surface area contributed by atoms with Gasteiger partial charge in [-0.1, -0.05) is 31.2 Å². The summed E-state index contributed by atoms with van der Waals surface area (Å²) in [7, 11) is 1.41. The molecule has 1 unspecified atom stereocenters. The number of hydrogen-bond donors (Lipinski definition) is 1. The molecule has 1 saturated carbocycles. The minimum atomic E-state index is -1.10. The average Bonchev–Trinajstić information content (AvgIpc) is 3.60. The van der Waals surface area contributed by atoms with Crippen LogP contribution in [0.3, 0.4) is 0 Å². The van der Waals surface area contributed by atoms with Crippen LogP contribution in [-0.2, 0) is 19.1 Å². The summed E-state index contributed by atoms with van der Waals surface area (Å²) in [6.45, 7) is 2.49. The van der Waals surface area contributed by atoms with Crippen LogP contribution in [0, 0.1) is 5.92 Å². The molecule has 158 valence electrons. The maximum Gasteiger partial charge on any atom is 0.339 e. The van der Waals surface area contributed by atoms with Gasteiger partial charge >= 0.3 is 5.97 Å². The van der Waals surface area contributed by atoms with Crippen LogP contribution in [0.1, 0.15) is 49.1 Å². The van der Waals surface area contributed by atoms with Crippen molar-refractivity contribution in [2.45, 2.75) is 32.3 Å². The number of carboxylic acid groups (broad SMARTS) is 1. The highest BCUT2D eigenvalue weighted by molar-refractivity contribution is 6.18. The lowest BCUT2D eigenvalue weighted by Gasteiger charge is -2.16. The van der Waals surface area contributed by atoms with E-state index < -0.39 is 5.97 Å². The fourth-order valence-corrected chi connectivity index (χ4v) is 2.90. The van der Waals surface area contributed by atoms with E-state index in [1.165, 1.54) is 13.4 Å². The monoisotopic (exact) mass is 410 g/mol. The van der Waals surface area contributed by atoms with E-state index in [0.717, 1.165) is 18.5 Å². The highest BCUT2D eigenvalue weighted by Crippen LogP contribution is 2.30. The zero-order valence-electron chi connectivity index (χ0n) is 17.2. The SMILES string of the molecule is CCC(ON=C(OCC1CC1)c1ccccc1C(=COC)C(=O)O)c1ccccn1. The summed E-state index contributed by atoms with van der Waals surface area (Å²) in [5.74, 6) is -0.365. The molecule has 1 aromatic heterocycles. The molecule has 1 aliphatic carbocycles. The van der Waals surface area contributed by atoms with E-state index in [4.69, 9.17) is 14.3 Å². The lowest BCUT2D eigenvalue weighted by atomic mass is 10.0. The Balaban J connectivity index is 1.94. The molecule has 0 aliphatic heterocycles. The molecule has 1 fully saturated rings. The average molecular weight is 410 g/mol. The van der Waals surface area contributed by atoms with Crippen LogP contribution in [0.15, 0.2) is 60.1 Å². The second-order valence-electron chi connectivity index (χ2n) is 7.03. The van der Waals surface area contributed by atoms with Crippen molar-refractivity contribution in [1.82, 2.24) is 4.98 Å². The molecule has 0 radical (unpaired) electrons. The molecule has 1 atom stereocenters. The first-order valence-corrected chi connectivity index (χ1v) is 9.97. The van der Waals surface area contributed by atoms with Gasteiger partial charge < -0.3 is 19.4 Å². The quantitative estimate of drug-likeness (QED) is 0.205. The first-order valence-electron chi connectivity index (χ1n) is 9.97. The predicted molar refractivity (Wildman–Crippen MR) is 113 cm³/mol. The van der Waals surface area contributed by atoms with Gasteiger partial charge in [0.1, 0.15) is 5.57 Å². The number of pyridine rings is 1. The van der Waals surface area contributed by atoms with Crippen LogP contribution < -0.4 is 0 Å². The van der Waals surface area contributed by atoms with E-state index in [-0.39, 0.29) is 17.6 Å². The van der Waals surface area contributed by atoms with Crippen molar-refractivity contribution >= 4 is 17.4 Å². The Labute approximate surface area is 176 Å². The van der Waals surface area contributed by atoms with E-state index in [1.54, 1.807) is 30.5 Å². The third-order valence-electron chi connectivity index (χ3n) is 4.72. The van der Waals surface area contributed by atoms with Crippen molar-refractivity contribution in [3.63, 3.8) is 0 Å². The maximum atomic E-state index is 11.8. The molecule has 1 heterocycles. The van der Waals surface area contributed by atoms with Gasteiger partial charge in [-0.05, 0) is 48.5 Å². The molecule has 1 N–H and O–H groups in total. The Kier molecular flexibility index (Phi) is 7.43. The van der Waals surface area contributed by atoms with Gasteiger partial charge in [-0.3, -0.25) is 4.98 Å². The topological polar surface area (TPSA) is 90.2 Å². The molecule has 7 heteroatoms. The minimum Gasteiger partial charge on any atom is -0.503 e. The van der Waals surface area contributed by atoms with Crippen molar-refractivity contribution in [1.29, 1.82) is 0 Å². The van der Waals surface area contributed by atoms with Gasteiger partial charge in [0.15, 0.2) is 6.10 Å².